The molecular weight excluding hydrogens is 380 g/mol. The van der Waals surface area contributed by atoms with Crippen molar-refractivity contribution < 1.29 is 18.3 Å². The summed E-state index contributed by atoms with van der Waals surface area (Å²) in [5.41, 5.74) is -1.53. The number of halogens is 2. The van der Waals surface area contributed by atoms with Gasteiger partial charge < -0.3 is 10.1 Å². The zero-order valence-electron chi connectivity index (χ0n) is 14.2. The van der Waals surface area contributed by atoms with Gasteiger partial charge in [-0.3, -0.25) is 14.2 Å². The summed E-state index contributed by atoms with van der Waals surface area (Å²) in [6.07, 6.45) is 0. The van der Waals surface area contributed by atoms with Crippen molar-refractivity contribution in [2.75, 3.05) is 20.3 Å². The zero-order valence-corrected chi connectivity index (χ0v) is 15.0. The van der Waals surface area contributed by atoms with Gasteiger partial charge in [0.1, 0.15) is 22.9 Å². The predicted octanol–water partition coefficient (Wildman–Crippen LogP) is 1.25. The number of benzene rings is 1. The minimum atomic E-state index is -0.925. The number of rotatable bonds is 6. The summed E-state index contributed by atoms with van der Waals surface area (Å²) in [6.45, 7) is 0.204. The third-order valence-corrected chi connectivity index (χ3v) is 4.68. The van der Waals surface area contributed by atoms with Crippen molar-refractivity contribution in [3.8, 4) is 5.69 Å². The molecule has 2 heterocycles. The molecule has 0 saturated heterocycles. The highest BCUT2D eigenvalue weighted by molar-refractivity contribution is 7.17. The van der Waals surface area contributed by atoms with Crippen LogP contribution in [0.4, 0.5) is 8.78 Å². The maximum absolute atomic E-state index is 13.6. The number of carbonyl (C=O) groups excluding carboxylic acids is 1. The Balaban J connectivity index is 2.14. The second-order valence-corrected chi connectivity index (χ2v) is 6.53. The van der Waals surface area contributed by atoms with Crippen molar-refractivity contribution in [2.24, 2.45) is 0 Å². The van der Waals surface area contributed by atoms with Crippen LogP contribution in [0.1, 0.15) is 0 Å². The third kappa shape index (κ3) is 3.81. The first-order valence-electron chi connectivity index (χ1n) is 7.87. The fraction of sp³-hybridized carbons (Fsp3) is 0.235. The summed E-state index contributed by atoms with van der Waals surface area (Å²) < 4.78 is 33.9. The van der Waals surface area contributed by atoms with Gasteiger partial charge in [-0.05, 0) is 23.6 Å². The van der Waals surface area contributed by atoms with Gasteiger partial charge in [-0.15, -0.1) is 11.3 Å². The molecule has 2 aromatic heterocycles. The number of aromatic nitrogens is 2. The Morgan fingerprint density at radius 3 is 2.59 bits per heavy atom. The van der Waals surface area contributed by atoms with Gasteiger partial charge >= 0.3 is 5.69 Å². The van der Waals surface area contributed by atoms with Gasteiger partial charge in [-0.2, -0.15) is 0 Å². The van der Waals surface area contributed by atoms with Crippen LogP contribution in [-0.4, -0.2) is 35.3 Å². The number of thiophene rings is 1. The molecule has 1 aromatic carbocycles. The van der Waals surface area contributed by atoms with Crippen LogP contribution in [0, 0.1) is 11.6 Å². The molecule has 0 atom stereocenters. The molecule has 0 aliphatic rings. The highest BCUT2D eigenvalue weighted by atomic mass is 32.1. The number of hydrogen-bond donors (Lipinski definition) is 1. The van der Waals surface area contributed by atoms with Crippen LogP contribution < -0.4 is 16.6 Å². The maximum Gasteiger partial charge on any atom is 0.336 e. The highest BCUT2D eigenvalue weighted by Crippen LogP contribution is 2.17. The van der Waals surface area contributed by atoms with E-state index in [0.717, 1.165) is 28.0 Å². The molecule has 0 aliphatic carbocycles. The molecule has 0 radical (unpaired) electrons. The average Bonchev–Trinajstić information content (AvgIpc) is 3.08. The monoisotopic (exact) mass is 395 g/mol. The van der Waals surface area contributed by atoms with Crippen molar-refractivity contribution in [3.63, 3.8) is 0 Å². The molecule has 0 aliphatic heterocycles. The largest absolute Gasteiger partial charge is 0.383 e. The molecule has 27 heavy (non-hydrogen) atoms. The molecule has 0 spiro atoms. The molecule has 1 amide bonds. The molecule has 7 nitrogen and oxygen atoms in total. The Morgan fingerprint density at radius 2 is 1.93 bits per heavy atom. The summed E-state index contributed by atoms with van der Waals surface area (Å²) >= 11 is 1.07. The van der Waals surface area contributed by atoms with E-state index in [0.29, 0.717) is 17.2 Å². The molecule has 10 heteroatoms. The minimum absolute atomic E-state index is 0.198. The van der Waals surface area contributed by atoms with Gasteiger partial charge in [0.2, 0.25) is 5.91 Å². The summed E-state index contributed by atoms with van der Waals surface area (Å²) in [6, 6.07) is 3.95. The number of amides is 1. The van der Waals surface area contributed by atoms with E-state index in [9.17, 15) is 23.2 Å². The Morgan fingerprint density at radius 1 is 1.22 bits per heavy atom. The maximum atomic E-state index is 13.6. The van der Waals surface area contributed by atoms with Gasteiger partial charge in [0.15, 0.2) is 0 Å². The molecular formula is C17H15F2N3O4S. The molecule has 0 bridgehead atoms. The van der Waals surface area contributed by atoms with E-state index in [-0.39, 0.29) is 29.0 Å². The van der Waals surface area contributed by atoms with Gasteiger partial charge in [-0.25, -0.2) is 18.1 Å². The fourth-order valence-electron chi connectivity index (χ4n) is 2.63. The Kier molecular flexibility index (Phi) is 5.47. The summed E-state index contributed by atoms with van der Waals surface area (Å²) in [7, 11) is 1.49. The summed E-state index contributed by atoms with van der Waals surface area (Å²) in [5.74, 6) is -2.31. The predicted molar refractivity (Wildman–Crippen MR) is 96.5 cm³/mol. The van der Waals surface area contributed by atoms with Crippen molar-refractivity contribution in [3.05, 3.63) is 62.1 Å². The lowest BCUT2D eigenvalue weighted by Crippen LogP contribution is -2.41. The molecule has 3 rings (SSSR count). The standard InChI is InChI=1S/C17H15F2N3O4S/c1-26-4-3-20-14(23)9-21-13-2-5-27-15(13)16(24)22(17(21)25)12-7-10(18)6-11(19)8-12/h2,5-8H,3-4,9H2,1H3,(H,20,23). The van der Waals surface area contributed by atoms with E-state index in [1.54, 1.807) is 11.4 Å². The first-order valence-corrected chi connectivity index (χ1v) is 8.75. The molecule has 142 valence electrons. The van der Waals surface area contributed by atoms with Crippen molar-refractivity contribution in [2.45, 2.75) is 6.54 Å². The van der Waals surface area contributed by atoms with Crippen molar-refractivity contribution in [1.29, 1.82) is 0 Å². The van der Waals surface area contributed by atoms with Gasteiger partial charge in [0.25, 0.3) is 5.56 Å². The van der Waals surface area contributed by atoms with Gasteiger partial charge in [0, 0.05) is 19.7 Å². The van der Waals surface area contributed by atoms with Crippen LogP contribution in [0.3, 0.4) is 0 Å². The third-order valence-electron chi connectivity index (χ3n) is 3.79. The summed E-state index contributed by atoms with van der Waals surface area (Å²) in [5, 5.41) is 4.18. The van der Waals surface area contributed by atoms with E-state index in [1.807, 2.05) is 0 Å². The van der Waals surface area contributed by atoms with Crippen molar-refractivity contribution >= 4 is 27.5 Å². The zero-order chi connectivity index (χ0) is 19.6. The smallest absolute Gasteiger partial charge is 0.336 e. The van der Waals surface area contributed by atoms with Crippen LogP contribution in [0.15, 0.2) is 39.2 Å². The Bertz CT molecular complexity index is 1100. The number of fused-ring (bicyclic) bond motifs is 1. The van der Waals surface area contributed by atoms with Crippen LogP contribution in [0.5, 0.6) is 0 Å². The number of methoxy groups -OCH3 is 1. The SMILES string of the molecule is COCCNC(=O)Cn1c(=O)n(-c2cc(F)cc(F)c2)c(=O)c2sccc21. The topological polar surface area (TPSA) is 82.3 Å². The van der Waals surface area contributed by atoms with E-state index >= 15 is 0 Å². The summed E-state index contributed by atoms with van der Waals surface area (Å²) in [4.78, 5) is 37.7. The lowest BCUT2D eigenvalue weighted by molar-refractivity contribution is -0.121. The van der Waals surface area contributed by atoms with Crippen LogP contribution in [0.25, 0.3) is 15.9 Å². The number of nitrogens with zero attached hydrogens (tertiary/aromatic N) is 2. The second kappa shape index (κ2) is 7.80. The first kappa shape index (κ1) is 18.9. The highest BCUT2D eigenvalue weighted by Gasteiger charge is 2.18. The van der Waals surface area contributed by atoms with E-state index in [2.05, 4.69) is 5.32 Å². The number of nitrogens with one attached hydrogen (secondary N) is 1. The second-order valence-electron chi connectivity index (χ2n) is 5.61. The normalized spacial score (nSPS) is 11.1. The Hall–Kier alpha value is -2.85. The van der Waals surface area contributed by atoms with E-state index < -0.39 is 28.8 Å². The molecule has 0 unspecified atom stereocenters. The molecule has 0 saturated carbocycles. The average molecular weight is 395 g/mol. The van der Waals surface area contributed by atoms with Crippen LogP contribution in [0.2, 0.25) is 0 Å². The van der Waals surface area contributed by atoms with Gasteiger partial charge in [-0.1, -0.05) is 0 Å². The van der Waals surface area contributed by atoms with E-state index in [4.69, 9.17) is 4.74 Å². The van der Waals surface area contributed by atoms with Gasteiger partial charge in [0.05, 0.1) is 17.8 Å². The number of ether oxygens (including phenoxy) is 1. The molecule has 3 aromatic rings. The lowest BCUT2D eigenvalue weighted by Gasteiger charge is -2.12. The Labute approximate surface area is 155 Å². The van der Waals surface area contributed by atoms with Crippen molar-refractivity contribution in [1.82, 2.24) is 14.5 Å². The molecule has 1 N–H and O–H groups in total. The van der Waals surface area contributed by atoms with E-state index in [1.165, 1.54) is 7.11 Å². The fourth-order valence-corrected chi connectivity index (χ4v) is 3.45. The quantitative estimate of drug-likeness (QED) is 0.637. The number of carbonyl (C=O) groups is 1. The number of hydrogen-bond acceptors (Lipinski definition) is 5. The van der Waals surface area contributed by atoms with Crippen LogP contribution >= 0.6 is 11.3 Å². The van der Waals surface area contributed by atoms with Crippen LogP contribution in [-0.2, 0) is 16.1 Å². The minimum Gasteiger partial charge on any atom is -0.383 e. The first-order chi connectivity index (χ1) is 12.9. The lowest BCUT2D eigenvalue weighted by atomic mass is 10.3. The molecule has 0 fully saturated rings.